The molecule has 0 unspecified atom stereocenters. The van der Waals surface area contributed by atoms with Gasteiger partial charge in [0.05, 0.1) is 11.3 Å². The third-order valence-corrected chi connectivity index (χ3v) is 7.47. The summed E-state index contributed by atoms with van der Waals surface area (Å²) < 4.78 is 6.14. The Morgan fingerprint density at radius 1 is 1.04 bits per heavy atom. The van der Waals surface area contributed by atoms with Crippen LogP contribution in [0.25, 0.3) is 16.5 Å². The number of para-hydroxylation sites is 1. The zero-order valence-electron chi connectivity index (χ0n) is 16.3. The van der Waals surface area contributed by atoms with Gasteiger partial charge in [-0.1, -0.05) is 18.2 Å². The molecule has 4 heteroatoms. The number of furan rings is 1. The summed E-state index contributed by atoms with van der Waals surface area (Å²) in [6.07, 6.45) is 13.2. The quantitative estimate of drug-likeness (QED) is 0.551. The van der Waals surface area contributed by atoms with Crippen LogP contribution in [0.2, 0.25) is 0 Å². The maximum Gasteiger partial charge on any atom is 0.158 e. The predicted molar refractivity (Wildman–Crippen MR) is 119 cm³/mol. The Labute approximate surface area is 161 Å². The molecule has 140 valence electrons. The molecule has 3 nitrogen and oxygen atoms in total. The number of aryl methyl sites for hydroxylation is 1. The normalized spacial score (nSPS) is 15.4. The Kier molecular flexibility index (Phi) is 3.90. The van der Waals surface area contributed by atoms with Gasteiger partial charge in [-0.15, -0.1) is 0 Å². The number of fused-ring (bicyclic) bond motifs is 3. The molecule has 0 amide bonds. The van der Waals surface area contributed by atoms with Crippen molar-refractivity contribution < 1.29 is 4.42 Å². The molecule has 1 heterocycles. The Bertz CT molecular complexity index is 1100. The molecule has 0 fully saturated rings. The summed E-state index contributed by atoms with van der Waals surface area (Å²) in [7, 11) is -1.76. The highest BCUT2D eigenvalue weighted by molar-refractivity contribution is 8.47. The number of nitrogens with zero attached hydrogens (tertiary/aromatic N) is 1. The van der Waals surface area contributed by atoms with Crippen LogP contribution in [0.15, 0.2) is 57.9 Å². The summed E-state index contributed by atoms with van der Waals surface area (Å²) in [6.45, 7) is 0. The van der Waals surface area contributed by atoms with Crippen LogP contribution in [0.3, 0.4) is 0 Å². The van der Waals surface area contributed by atoms with Crippen molar-refractivity contribution >= 4 is 37.1 Å². The number of rotatable bonds is 3. The number of anilines is 2. The first kappa shape index (κ1) is 17.8. The molecule has 0 aliphatic heterocycles. The van der Waals surface area contributed by atoms with E-state index in [2.05, 4.69) is 66.7 Å². The van der Waals surface area contributed by atoms with Gasteiger partial charge < -0.3 is 9.73 Å². The SMILES string of the molecule is C[SH](C)(C)(C)c1ccc(Nc2cccc3c4c(oc23)C(C#N)=CCC4)cc1. The van der Waals surface area contributed by atoms with E-state index in [1.165, 1.54) is 4.90 Å². The highest BCUT2D eigenvalue weighted by Crippen LogP contribution is 2.63. The van der Waals surface area contributed by atoms with Crippen molar-refractivity contribution in [3.8, 4) is 6.07 Å². The Hall–Kier alpha value is -2.64. The molecule has 0 bridgehead atoms. The number of allylic oxidation sites excluding steroid dienone is 2. The van der Waals surface area contributed by atoms with Crippen LogP contribution in [0.5, 0.6) is 0 Å². The first-order chi connectivity index (χ1) is 12.7. The van der Waals surface area contributed by atoms with Crippen molar-refractivity contribution in [2.45, 2.75) is 17.7 Å². The Morgan fingerprint density at radius 2 is 1.78 bits per heavy atom. The van der Waals surface area contributed by atoms with E-state index in [0.717, 1.165) is 46.5 Å². The van der Waals surface area contributed by atoms with Gasteiger partial charge >= 0.3 is 0 Å². The number of hydrogen-bond donors (Lipinski definition) is 2. The van der Waals surface area contributed by atoms with E-state index in [1.807, 2.05) is 18.2 Å². The lowest BCUT2D eigenvalue weighted by atomic mass is 9.96. The van der Waals surface area contributed by atoms with Crippen molar-refractivity contribution in [3.05, 3.63) is 59.9 Å². The van der Waals surface area contributed by atoms with E-state index in [1.54, 1.807) is 0 Å². The number of nitriles is 1. The highest BCUT2D eigenvalue weighted by atomic mass is 32.3. The van der Waals surface area contributed by atoms with Gasteiger partial charge in [0, 0.05) is 16.6 Å². The van der Waals surface area contributed by atoms with E-state index in [4.69, 9.17) is 4.42 Å². The van der Waals surface area contributed by atoms with Gasteiger partial charge in [0.2, 0.25) is 0 Å². The molecular weight excluding hydrogens is 352 g/mol. The predicted octanol–water partition coefficient (Wildman–Crippen LogP) is 5.98. The first-order valence-electron chi connectivity index (χ1n) is 9.26. The van der Waals surface area contributed by atoms with Crippen LogP contribution < -0.4 is 5.32 Å². The zero-order chi connectivity index (χ0) is 19.3. The van der Waals surface area contributed by atoms with Crippen LogP contribution in [-0.4, -0.2) is 25.0 Å². The van der Waals surface area contributed by atoms with Crippen molar-refractivity contribution in [1.82, 2.24) is 0 Å². The van der Waals surface area contributed by atoms with Gasteiger partial charge in [0.15, 0.2) is 5.58 Å². The minimum Gasteiger partial charge on any atom is -0.453 e. The van der Waals surface area contributed by atoms with Gasteiger partial charge in [-0.25, -0.2) is 0 Å². The van der Waals surface area contributed by atoms with Gasteiger partial charge in [-0.2, -0.15) is 5.26 Å². The zero-order valence-corrected chi connectivity index (χ0v) is 17.2. The summed E-state index contributed by atoms with van der Waals surface area (Å²) in [6, 6.07) is 17.1. The molecule has 0 atom stereocenters. The topological polar surface area (TPSA) is 49.0 Å². The molecule has 3 aromatic rings. The monoisotopic (exact) mass is 378 g/mol. The molecule has 27 heavy (non-hydrogen) atoms. The first-order valence-corrected chi connectivity index (χ1v) is 13.3. The molecule has 0 radical (unpaired) electrons. The molecule has 0 saturated heterocycles. The van der Waals surface area contributed by atoms with Crippen molar-refractivity contribution in [2.75, 3.05) is 30.3 Å². The molecule has 4 rings (SSSR count). The van der Waals surface area contributed by atoms with Gasteiger partial charge in [0.1, 0.15) is 11.8 Å². The van der Waals surface area contributed by atoms with Crippen LogP contribution in [-0.2, 0) is 6.42 Å². The van der Waals surface area contributed by atoms with E-state index in [9.17, 15) is 5.26 Å². The maximum atomic E-state index is 9.39. The molecular formula is C23H26N2OS. The number of thiol groups is 1. The van der Waals surface area contributed by atoms with Crippen LogP contribution in [0, 0.1) is 11.3 Å². The lowest BCUT2D eigenvalue weighted by molar-refractivity contribution is 0.593. The van der Waals surface area contributed by atoms with Crippen molar-refractivity contribution in [2.24, 2.45) is 0 Å². The smallest absolute Gasteiger partial charge is 0.158 e. The van der Waals surface area contributed by atoms with Crippen molar-refractivity contribution in [1.29, 1.82) is 5.26 Å². The van der Waals surface area contributed by atoms with E-state index in [0.29, 0.717) is 5.57 Å². The molecule has 0 spiro atoms. The second-order valence-electron chi connectivity index (χ2n) is 9.11. The fourth-order valence-corrected chi connectivity index (χ4v) is 4.92. The molecule has 0 saturated carbocycles. The molecule has 2 aromatic carbocycles. The van der Waals surface area contributed by atoms with Crippen LogP contribution in [0.1, 0.15) is 17.7 Å². The number of hydrogen-bond acceptors (Lipinski definition) is 3. The van der Waals surface area contributed by atoms with Gasteiger partial charge in [0.25, 0.3) is 0 Å². The minimum absolute atomic E-state index is 0.644. The molecule has 1 aliphatic rings. The summed E-state index contributed by atoms with van der Waals surface area (Å²) in [5.41, 5.74) is 4.59. The Balaban J connectivity index is 1.73. The standard InChI is InChI=1S/C23H26N2OS/c1-27(2,3,4)18-13-11-17(12-14-18)25-21-10-6-9-20-19-8-5-7-16(15-24)22(19)26-23(20)21/h6-7,9-14,25,27H,5,8H2,1-4H3. The van der Waals surface area contributed by atoms with E-state index >= 15 is 0 Å². The second-order valence-corrected chi connectivity index (χ2v) is 16.8. The average Bonchev–Trinajstić information content (AvgIpc) is 3.01. The van der Waals surface area contributed by atoms with E-state index in [-0.39, 0.29) is 0 Å². The van der Waals surface area contributed by atoms with Crippen molar-refractivity contribution in [3.63, 3.8) is 0 Å². The van der Waals surface area contributed by atoms with Crippen LogP contribution >= 0.6 is 9.16 Å². The third kappa shape index (κ3) is 3.24. The fourth-order valence-electron chi connectivity index (χ4n) is 3.58. The summed E-state index contributed by atoms with van der Waals surface area (Å²) in [4.78, 5) is 1.42. The fraction of sp³-hybridized carbons (Fsp3) is 0.261. The van der Waals surface area contributed by atoms with Gasteiger partial charge in [-0.3, -0.25) is 9.16 Å². The summed E-state index contributed by atoms with van der Waals surface area (Å²) in [5.74, 6) is 0.731. The highest BCUT2D eigenvalue weighted by Gasteiger charge is 2.23. The Morgan fingerprint density at radius 3 is 2.44 bits per heavy atom. The third-order valence-electron chi connectivity index (χ3n) is 5.11. The largest absolute Gasteiger partial charge is 0.453 e. The molecule has 1 aromatic heterocycles. The number of benzene rings is 2. The summed E-state index contributed by atoms with van der Waals surface area (Å²) >= 11 is 0. The average molecular weight is 379 g/mol. The maximum absolute atomic E-state index is 9.39. The van der Waals surface area contributed by atoms with Crippen LogP contribution in [0.4, 0.5) is 11.4 Å². The van der Waals surface area contributed by atoms with Gasteiger partial charge in [-0.05, 0) is 73.1 Å². The van der Waals surface area contributed by atoms with E-state index < -0.39 is 9.16 Å². The summed E-state index contributed by atoms with van der Waals surface area (Å²) in [5, 5.41) is 14.0. The molecule has 1 aliphatic carbocycles. The lowest BCUT2D eigenvalue weighted by Crippen LogP contribution is -2.10. The second kappa shape index (κ2) is 5.94. The lowest BCUT2D eigenvalue weighted by Gasteiger charge is -2.47. The molecule has 1 N–H and O–H groups in total. The minimum atomic E-state index is -1.76. The number of nitrogens with one attached hydrogen (secondary N) is 1.